The largest absolute Gasteiger partial charge is 0.455 e. The molecule has 1 amide bonds. The highest BCUT2D eigenvalue weighted by molar-refractivity contribution is 5.92. The smallest absolute Gasteiger partial charge is 0.338 e. The Kier molecular flexibility index (Phi) is 4.14. The van der Waals surface area contributed by atoms with E-state index < -0.39 is 5.97 Å². The molecular formula is C14H14N2O4. The summed E-state index contributed by atoms with van der Waals surface area (Å²) in [4.78, 5) is 22.7. The molecule has 0 fully saturated rings. The first-order valence-electron chi connectivity index (χ1n) is 6.01. The molecule has 1 N–H and O–H groups in total. The molecule has 0 aliphatic carbocycles. The van der Waals surface area contributed by atoms with Crippen molar-refractivity contribution in [1.82, 2.24) is 5.16 Å². The lowest BCUT2D eigenvalue weighted by atomic mass is 10.2. The lowest BCUT2D eigenvalue weighted by Crippen LogP contribution is -2.07. The molecule has 0 unspecified atom stereocenters. The number of aryl methyl sites for hydroxylation is 1. The number of esters is 1. The van der Waals surface area contributed by atoms with Crippen LogP contribution < -0.4 is 5.32 Å². The molecule has 0 saturated carbocycles. The average Bonchev–Trinajstić information content (AvgIpc) is 2.82. The number of benzene rings is 1. The number of nitrogens with one attached hydrogen (secondary N) is 1. The van der Waals surface area contributed by atoms with E-state index in [4.69, 9.17) is 9.26 Å². The standard InChI is InChI=1S/C14H14N2O4/c1-9-7-13(16-20-9)8-19-14(18)11-3-5-12(6-4-11)15-10(2)17/h3-7H,8H2,1-2H3,(H,15,17). The van der Waals surface area contributed by atoms with E-state index in [-0.39, 0.29) is 12.5 Å². The fourth-order valence-electron chi connectivity index (χ4n) is 1.60. The van der Waals surface area contributed by atoms with Gasteiger partial charge in [0.25, 0.3) is 0 Å². The predicted molar refractivity (Wildman–Crippen MR) is 71.1 cm³/mol. The van der Waals surface area contributed by atoms with E-state index in [0.717, 1.165) is 0 Å². The molecule has 1 heterocycles. The van der Waals surface area contributed by atoms with Gasteiger partial charge in [-0.2, -0.15) is 0 Å². The normalized spacial score (nSPS) is 10.1. The Hall–Kier alpha value is -2.63. The lowest BCUT2D eigenvalue weighted by Gasteiger charge is -2.04. The van der Waals surface area contributed by atoms with Crippen LogP contribution in [-0.4, -0.2) is 17.0 Å². The zero-order valence-electron chi connectivity index (χ0n) is 11.2. The molecule has 0 radical (unpaired) electrons. The highest BCUT2D eigenvalue weighted by atomic mass is 16.5. The van der Waals surface area contributed by atoms with Gasteiger partial charge in [-0.05, 0) is 31.2 Å². The summed E-state index contributed by atoms with van der Waals surface area (Å²) in [7, 11) is 0. The van der Waals surface area contributed by atoms with Crippen molar-refractivity contribution < 1.29 is 18.8 Å². The first kappa shape index (κ1) is 13.8. The van der Waals surface area contributed by atoms with E-state index >= 15 is 0 Å². The molecule has 0 saturated heterocycles. The number of anilines is 1. The summed E-state index contributed by atoms with van der Waals surface area (Å²) in [5.41, 5.74) is 1.59. The fourth-order valence-corrected chi connectivity index (χ4v) is 1.60. The number of hydrogen-bond donors (Lipinski definition) is 1. The molecule has 0 aliphatic heterocycles. The quantitative estimate of drug-likeness (QED) is 0.865. The SMILES string of the molecule is CC(=O)Nc1ccc(C(=O)OCc2cc(C)on2)cc1. The molecule has 1 aromatic heterocycles. The van der Waals surface area contributed by atoms with Crippen LogP contribution in [0.4, 0.5) is 5.69 Å². The van der Waals surface area contributed by atoms with Crippen molar-refractivity contribution in [3.8, 4) is 0 Å². The minimum absolute atomic E-state index is 0.0591. The number of aromatic nitrogens is 1. The highest BCUT2D eigenvalue weighted by Crippen LogP contribution is 2.11. The van der Waals surface area contributed by atoms with Gasteiger partial charge in [-0.25, -0.2) is 4.79 Å². The molecule has 1 aromatic carbocycles. The minimum Gasteiger partial charge on any atom is -0.455 e. The zero-order chi connectivity index (χ0) is 14.5. The molecule has 6 nitrogen and oxygen atoms in total. The summed E-state index contributed by atoms with van der Waals surface area (Å²) >= 11 is 0. The van der Waals surface area contributed by atoms with Gasteiger partial charge in [0.2, 0.25) is 5.91 Å². The predicted octanol–water partition coefficient (Wildman–Crippen LogP) is 2.30. The Bertz CT molecular complexity index is 616. The van der Waals surface area contributed by atoms with Crippen LogP contribution in [0.1, 0.15) is 28.7 Å². The molecular weight excluding hydrogens is 260 g/mol. The first-order valence-corrected chi connectivity index (χ1v) is 6.01. The number of carbonyl (C=O) groups excluding carboxylic acids is 2. The van der Waals surface area contributed by atoms with E-state index in [2.05, 4.69) is 10.5 Å². The number of hydrogen-bond acceptors (Lipinski definition) is 5. The molecule has 20 heavy (non-hydrogen) atoms. The molecule has 0 atom stereocenters. The highest BCUT2D eigenvalue weighted by Gasteiger charge is 2.09. The Morgan fingerprint density at radius 1 is 1.30 bits per heavy atom. The molecule has 2 aromatic rings. The third-order valence-corrected chi connectivity index (χ3v) is 2.47. The van der Waals surface area contributed by atoms with Gasteiger partial charge in [0, 0.05) is 18.7 Å². The Morgan fingerprint density at radius 3 is 2.55 bits per heavy atom. The molecule has 0 spiro atoms. The first-order chi connectivity index (χ1) is 9.54. The molecule has 2 rings (SSSR count). The van der Waals surface area contributed by atoms with Gasteiger partial charge in [0.1, 0.15) is 18.1 Å². The van der Waals surface area contributed by atoms with E-state index in [9.17, 15) is 9.59 Å². The van der Waals surface area contributed by atoms with Crippen LogP contribution in [0.5, 0.6) is 0 Å². The van der Waals surface area contributed by atoms with Crippen LogP contribution in [0.2, 0.25) is 0 Å². The van der Waals surface area contributed by atoms with Crippen LogP contribution in [0.15, 0.2) is 34.9 Å². The third kappa shape index (κ3) is 3.68. The molecule has 104 valence electrons. The van der Waals surface area contributed by atoms with Gasteiger partial charge in [0.15, 0.2) is 0 Å². The molecule has 0 bridgehead atoms. The topological polar surface area (TPSA) is 81.4 Å². The van der Waals surface area contributed by atoms with Gasteiger partial charge in [-0.1, -0.05) is 5.16 Å². The Balaban J connectivity index is 1.93. The van der Waals surface area contributed by atoms with Crippen LogP contribution >= 0.6 is 0 Å². The van der Waals surface area contributed by atoms with E-state index in [1.54, 1.807) is 37.3 Å². The van der Waals surface area contributed by atoms with Crippen molar-refractivity contribution in [2.24, 2.45) is 0 Å². The zero-order valence-corrected chi connectivity index (χ0v) is 11.2. The maximum Gasteiger partial charge on any atom is 0.338 e. The van der Waals surface area contributed by atoms with Gasteiger partial charge in [-0.3, -0.25) is 4.79 Å². The van der Waals surface area contributed by atoms with Crippen molar-refractivity contribution in [3.05, 3.63) is 47.3 Å². The summed E-state index contributed by atoms with van der Waals surface area (Å²) in [5.74, 6) is 0.0393. The van der Waals surface area contributed by atoms with Gasteiger partial charge in [0.05, 0.1) is 5.56 Å². The Labute approximate surface area is 115 Å². The van der Waals surface area contributed by atoms with Crippen molar-refractivity contribution in [3.63, 3.8) is 0 Å². The summed E-state index contributed by atoms with van der Waals surface area (Å²) in [6.45, 7) is 3.24. The van der Waals surface area contributed by atoms with E-state index in [1.165, 1.54) is 6.92 Å². The number of carbonyl (C=O) groups is 2. The third-order valence-electron chi connectivity index (χ3n) is 2.47. The van der Waals surface area contributed by atoms with Crippen LogP contribution in [0.25, 0.3) is 0 Å². The second-order valence-corrected chi connectivity index (χ2v) is 4.26. The van der Waals surface area contributed by atoms with Gasteiger partial charge >= 0.3 is 5.97 Å². The summed E-state index contributed by atoms with van der Waals surface area (Å²) in [5, 5.41) is 6.35. The van der Waals surface area contributed by atoms with Crippen LogP contribution in [0.3, 0.4) is 0 Å². The average molecular weight is 274 g/mol. The molecule has 0 aliphatic rings. The monoisotopic (exact) mass is 274 g/mol. The second-order valence-electron chi connectivity index (χ2n) is 4.26. The van der Waals surface area contributed by atoms with Crippen molar-refractivity contribution in [2.75, 3.05) is 5.32 Å². The Morgan fingerprint density at radius 2 is 2.00 bits per heavy atom. The summed E-state index contributed by atoms with van der Waals surface area (Å²) in [6, 6.07) is 8.15. The summed E-state index contributed by atoms with van der Waals surface area (Å²) in [6.07, 6.45) is 0. The van der Waals surface area contributed by atoms with Crippen LogP contribution in [0, 0.1) is 6.92 Å². The van der Waals surface area contributed by atoms with E-state index in [0.29, 0.717) is 22.7 Å². The maximum atomic E-state index is 11.8. The number of amides is 1. The minimum atomic E-state index is -0.458. The second kappa shape index (κ2) is 6.01. The van der Waals surface area contributed by atoms with Gasteiger partial charge < -0.3 is 14.6 Å². The van der Waals surface area contributed by atoms with Crippen molar-refractivity contribution in [1.29, 1.82) is 0 Å². The van der Waals surface area contributed by atoms with Gasteiger partial charge in [-0.15, -0.1) is 0 Å². The van der Waals surface area contributed by atoms with Crippen molar-refractivity contribution in [2.45, 2.75) is 20.5 Å². The fraction of sp³-hybridized carbons (Fsp3) is 0.214. The van der Waals surface area contributed by atoms with Crippen LogP contribution in [-0.2, 0) is 16.1 Å². The number of ether oxygens (including phenoxy) is 1. The maximum absolute atomic E-state index is 11.8. The molecule has 6 heteroatoms. The number of nitrogens with zero attached hydrogens (tertiary/aromatic N) is 1. The lowest BCUT2D eigenvalue weighted by molar-refractivity contribution is -0.114. The number of rotatable bonds is 4. The van der Waals surface area contributed by atoms with Crippen molar-refractivity contribution >= 4 is 17.6 Å². The van der Waals surface area contributed by atoms with E-state index in [1.807, 2.05) is 0 Å². The summed E-state index contributed by atoms with van der Waals surface area (Å²) < 4.78 is 9.97.